The summed E-state index contributed by atoms with van der Waals surface area (Å²) in [6, 6.07) is 7.57. The van der Waals surface area contributed by atoms with E-state index < -0.39 is 16.4 Å². The van der Waals surface area contributed by atoms with Gasteiger partial charge in [-0.2, -0.15) is 0 Å². The molecule has 87 heavy (non-hydrogen) atoms. The number of piperidine rings is 2. The van der Waals surface area contributed by atoms with Gasteiger partial charge >= 0.3 is 11.9 Å². The summed E-state index contributed by atoms with van der Waals surface area (Å²) in [5.74, 6) is 17.3. The van der Waals surface area contributed by atoms with Gasteiger partial charge < -0.3 is 25.2 Å². The largest absolute Gasteiger partial charge is 0.509 e. The van der Waals surface area contributed by atoms with E-state index in [-0.39, 0.29) is 52.5 Å². The lowest BCUT2D eigenvalue weighted by Gasteiger charge is -2.75. The van der Waals surface area contributed by atoms with Crippen molar-refractivity contribution in [2.45, 2.75) is 217 Å². The quantitative estimate of drug-likeness (QED) is 0.132. The molecular formula is C77H95N3O5S2. The van der Waals surface area contributed by atoms with E-state index in [0.717, 1.165) is 67.6 Å². The van der Waals surface area contributed by atoms with Crippen molar-refractivity contribution in [2.24, 2.45) is 121 Å². The summed E-state index contributed by atoms with van der Waals surface area (Å²) in [4.78, 5) is 39.6. The molecule has 23 atom stereocenters. The van der Waals surface area contributed by atoms with E-state index in [9.17, 15) is 5.11 Å². The molecule has 8 nitrogen and oxygen atoms in total. The van der Waals surface area contributed by atoms with E-state index >= 15 is 9.59 Å². The number of fused-ring (bicyclic) bond motifs is 10. The van der Waals surface area contributed by atoms with Crippen LogP contribution >= 0.6 is 21.6 Å². The Morgan fingerprint density at radius 1 is 0.816 bits per heavy atom. The van der Waals surface area contributed by atoms with Gasteiger partial charge in [-0.15, -0.1) is 5.92 Å². The molecule has 21 rings (SSSR count). The van der Waals surface area contributed by atoms with Gasteiger partial charge in [-0.05, 0) is 239 Å². The number of carbonyl (C=O) groups is 2. The summed E-state index contributed by atoms with van der Waals surface area (Å²) in [5.41, 5.74) is 15.0. The van der Waals surface area contributed by atoms with Gasteiger partial charge in [0.15, 0.2) is 11.4 Å². The van der Waals surface area contributed by atoms with E-state index in [0.29, 0.717) is 119 Å². The number of aliphatic hydroxyl groups is 1. The maximum absolute atomic E-state index is 17.4. The molecule has 3 saturated heterocycles. The molecule has 8 saturated carbocycles. The molecule has 12 aliphatic carbocycles. The van der Waals surface area contributed by atoms with Gasteiger partial charge in [0.1, 0.15) is 11.2 Å². The van der Waals surface area contributed by atoms with E-state index in [1.54, 1.807) is 22.4 Å². The van der Waals surface area contributed by atoms with Crippen molar-refractivity contribution >= 4 is 33.5 Å². The van der Waals surface area contributed by atoms with Crippen LogP contribution in [0.4, 0.5) is 0 Å². The van der Waals surface area contributed by atoms with Gasteiger partial charge in [0.05, 0.1) is 11.0 Å². The summed E-state index contributed by atoms with van der Waals surface area (Å²) in [7, 11) is 4.38. The average molecular weight is 1210 g/mol. The molecule has 0 aromatic heterocycles. The van der Waals surface area contributed by atoms with Crippen LogP contribution in [0.1, 0.15) is 208 Å². The van der Waals surface area contributed by atoms with Crippen LogP contribution in [-0.2, 0) is 26.3 Å². The van der Waals surface area contributed by atoms with Crippen LogP contribution in [-0.4, -0.2) is 76.1 Å². The Morgan fingerprint density at radius 3 is 2.61 bits per heavy atom. The second-order valence-corrected chi connectivity index (χ2v) is 37.0. The number of nitrogens with two attached hydrogens (primary N) is 1. The van der Waals surface area contributed by atoms with Crippen LogP contribution in [0.25, 0.3) is 0 Å². The fraction of sp³-hybridized carbons (Fsp3) is 0.766. The minimum Gasteiger partial charge on any atom is -0.509 e. The Balaban J connectivity index is 0.864. The van der Waals surface area contributed by atoms with Gasteiger partial charge in [0.2, 0.25) is 0 Å². The highest BCUT2D eigenvalue weighted by molar-refractivity contribution is 8.76. The highest BCUT2D eigenvalue weighted by atomic mass is 33.1. The predicted molar refractivity (Wildman–Crippen MR) is 340 cm³/mol. The standard InChI is InChI=1S/C77H95N3O5S2/c1-42-29-47-30-44-19-20-52-56-38-80-66(44)57(52)39-79-59(56)18-7-14-50-15-8-24-73(50)25-10-26-74(73)36-48(34-71(74)22-4-5-23-71)60(79)33-61(81)68-75-27-21-53-64-55-37-72(42,65(53)67(47)80)35-49-41-87-86-40-45-11-2-3-16-51(45)46(31-54(49)55)32-62(76(64,75)70(83)84-68)77(75)58-17-6-12-43(13-9-28-78)63(58)69(82)85-77/h6,12,17,31,42,44-46,48-52,55-57,59-60,62,65-66,81H,2-5,8-11,13,15-16,18-30,32-41,78H2,1H3/b54-31?,68-61+/t42-,44+,45-,46+,48+,49+,50+,51-,52-,55+,56+,57+,59-,60+,62-,65+,66-,72+,73-,74+,75+,76+,77+/m0/s1. The number of aryl methyl sites for hydroxylation is 1. The minimum atomic E-state index is -1.18. The molecule has 11 fully saturated rings. The van der Waals surface area contributed by atoms with Crippen molar-refractivity contribution < 1.29 is 24.2 Å². The summed E-state index contributed by atoms with van der Waals surface area (Å²) in [6.45, 7) is 5.51. The summed E-state index contributed by atoms with van der Waals surface area (Å²) < 4.78 is 15.4. The Morgan fingerprint density at radius 2 is 1.70 bits per heavy atom. The number of nitrogens with zero attached hydrogens (tertiary/aromatic N) is 2. The number of aliphatic hydroxyl groups excluding tert-OH is 1. The summed E-state index contributed by atoms with van der Waals surface area (Å²) in [6.07, 6.45) is 36.7. The van der Waals surface area contributed by atoms with Crippen molar-refractivity contribution in [3.63, 3.8) is 0 Å². The molecule has 0 amide bonds. The Kier molecular flexibility index (Phi) is 11.0. The Hall–Kier alpha value is -3.10. The fourth-order valence-corrected chi connectivity index (χ4v) is 33.6. The smallest absolute Gasteiger partial charge is 0.339 e. The van der Waals surface area contributed by atoms with Crippen molar-refractivity contribution in [3.8, 4) is 11.8 Å². The molecular weight excluding hydrogens is 1110 g/mol. The van der Waals surface area contributed by atoms with Crippen LogP contribution in [0.3, 0.4) is 0 Å². The lowest BCUT2D eigenvalue weighted by molar-refractivity contribution is -0.284. The zero-order valence-corrected chi connectivity index (χ0v) is 53.7. The molecule has 0 unspecified atom stereocenters. The third-order valence-corrected chi connectivity index (χ3v) is 35.4. The topological polar surface area (TPSA) is 105 Å². The molecule has 1 aromatic carbocycles. The first-order valence-electron chi connectivity index (χ1n) is 36.7. The maximum atomic E-state index is 17.4. The molecule has 0 radical (unpaired) electrons. The van der Waals surface area contributed by atoms with Crippen molar-refractivity contribution in [1.82, 2.24) is 9.80 Å². The maximum Gasteiger partial charge on any atom is 0.339 e. The van der Waals surface area contributed by atoms with E-state index in [2.05, 4.69) is 74.4 Å². The lowest BCUT2D eigenvalue weighted by Crippen LogP contribution is -2.78. The average Bonchev–Trinajstić information content (AvgIpc) is 1.54. The number of hydrogen-bond acceptors (Lipinski definition) is 10. The Labute approximate surface area is 525 Å². The van der Waals surface area contributed by atoms with Gasteiger partial charge in [-0.25, -0.2) is 4.79 Å². The predicted octanol–water partition coefficient (Wildman–Crippen LogP) is 15.2. The second kappa shape index (κ2) is 18.0. The number of benzene rings is 1. The van der Waals surface area contributed by atoms with Gasteiger partial charge in [0, 0.05) is 90.5 Å². The molecule has 7 spiro atoms. The minimum absolute atomic E-state index is 0.0750. The van der Waals surface area contributed by atoms with E-state index in [1.807, 2.05) is 0 Å². The van der Waals surface area contributed by atoms with E-state index in [4.69, 9.17) is 15.2 Å². The number of allylic oxidation sites excluding steroid dienone is 4. The third-order valence-electron chi connectivity index (χ3n) is 32.9. The normalized spacial score (nSPS) is 52.3. The Bertz CT molecular complexity index is 3470. The van der Waals surface area contributed by atoms with Crippen LogP contribution in [0.2, 0.25) is 0 Å². The molecule has 10 heteroatoms. The van der Waals surface area contributed by atoms with E-state index in [1.165, 1.54) is 146 Å². The molecule has 15 bridgehead atoms. The second-order valence-electron chi connectivity index (χ2n) is 34.4. The third kappa shape index (κ3) is 5.99. The van der Waals surface area contributed by atoms with Crippen molar-refractivity contribution in [2.75, 3.05) is 31.1 Å². The zero-order chi connectivity index (χ0) is 57.5. The SMILES string of the molecule is C[C@H]1CC2=C3[C@H]4C5=C6[C@@H]7C[C@@]41C[C@@H]1CSSC[C@@H]4CCCC[C@@H]4[C@H](C=C17)C[C@H]1[C@]64C(=O)O/C(=C(/O)C[C@@H]6[C@@H]7CC8(CCCC8)[C@@]8(CCC[C@]89CCC[C@H]9C#CC[C@H]8[C@@H]9CN3[C@H]3[C@H](CC[C@@H]9[C@H]3CN68)C2)C7)[C@@]4(CC5)[C@]12OC(=O)c1c(CCCN)cccc12. The van der Waals surface area contributed by atoms with Crippen LogP contribution < -0.4 is 5.73 Å². The first-order chi connectivity index (χ1) is 42.6. The fourth-order valence-electron chi connectivity index (χ4n) is 30.8. The molecule has 8 heterocycles. The highest BCUT2D eigenvalue weighted by Gasteiger charge is 2.95. The first-order valence-corrected chi connectivity index (χ1v) is 39.2. The highest BCUT2D eigenvalue weighted by Crippen LogP contribution is 2.90. The molecule has 8 aliphatic heterocycles. The molecule has 3 N–H and O–H groups in total. The zero-order valence-electron chi connectivity index (χ0n) is 52.0. The van der Waals surface area contributed by atoms with Gasteiger partial charge in [-0.1, -0.05) is 108 Å². The number of carbonyl (C=O) groups excluding carboxylic acids is 2. The molecule has 460 valence electrons. The monoisotopic (exact) mass is 1210 g/mol. The number of ether oxygens (including phenoxy) is 2. The van der Waals surface area contributed by atoms with Gasteiger partial charge in [0.25, 0.3) is 0 Å². The lowest BCUT2D eigenvalue weighted by atomic mass is 9.26. The number of esters is 2. The van der Waals surface area contributed by atoms with Crippen molar-refractivity contribution in [1.29, 1.82) is 0 Å². The summed E-state index contributed by atoms with van der Waals surface area (Å²) in [5, 5.41) is 14.6. The number of hydrogen-bond donors (Lipinski definition) is 2. The van der Waals surface area contributed by atoms with Crippen molar-refractivity contribution in [3.05, 3.63) is 80.5 Å². The molecule has 20 aliphatic rings. The van der Waals surface area contributed by atoms with Crippen LogP contribution in [0.5, 0.6) is 0 Å². The van der Waals surface area contributed by atoms with Crippen LogP contribution in [0.15, 0.2) is 63.8 Å². The first kappa shape index (κ1) is 53.4. The van der Waals surface area contributed by atoms with Gasteiger partial charge in [-0.3, -0.25) is 9.69 Å². The van der Waals surface area contributed by atoms with Crippen LogP contribution in [0, 0.1) is 127 Å². The number of rotatable bonds is 3. The summed E-state index contributed by atoms with van der Waals surface area (Å²) >= 11 is 0. The molecule has 1 aromatic rings.